The van der Waals surface area contributed by atoms with Crippen LogP contribution in [0.4, 0.5) is 0 Å². The lowest BCUT2D eigenvalue weighted by Gasteiger charge is -2.32. The molecule has 1 aromatic heterocycles. The molecule has 1 aromatic carbocycles. The number of piperidine rings is 1. The zero-order chi connectivity index (χ0) is 17.5. The summed E-state index contributed by atoms with van der Waals surface area (Å²) in [5.74, 6) is 2.93. The normalized spacial score (nSPS) is 18.2. The molecule has 0 unspecified atom stereocenters. The molecule has 2 aromatic rings. The number of nitrogens with one attached hydrogen (secondary N) is 1. The van der Waals surface area contributed by atoms with Crippen molar-refractivity contribution in [1.29, 1.82) is 0 Å². The van der Waals surface area contributed by atoms with Gasteiger partial charge < -0.3 is 19.3 Å². The molecule has 0 amide bonds. The Morgan fingerprint density at radius 1 is 1.32 bits per heavy atom. The first kappa shape index (κ1) is 17.7. The van der Waals surface area contributed by atoms with E-state index in [4.69, 9.17) is 14.0 Å². The number of aryl methyl sites for hydroxylation is 1. The average molecular weight is 346 g/mol. The number of para-hydroxylation sites is 2. The first-order valence-corrected chi connectivity index (χ1v) is 8.75. The number of hydrogen-bond donors (Lipinski definition) is 1. The Bertz CT molecular complexity index is 661. The number of likely N-dealkylation sites (tertiary alicyclic amines) is 1. The van der Waals surface area contributed by atoms with Crippen LogP contribution in [0.1, 0.15) is 24.6 Å². The highest BCUT2D eigenvalue weighted by atomic mass is 16.5. The van der Waals surface area contributed by atoms with E-state index >= 15 is 0 Å². The average Bonchev–Trinajstić information content (AvgIpc) is 3.04. The van der Waals surface area contributed by atoms with Crippen LogP contribution in [0.2, 0.25) is 0 Å². The summed E-state index contributed by atoms with van der Waals surface area (Å²) in [5.41, 5.74) is 0. The minimum atomic E-state index is 0.461. The van der Waals surface area contributed by atoms with Crippen molar-refractivity contribution in [2.75, 3.05) is 33.4 Å². The van der Waals surface area contributed by atoms with Crippen molar-refractivity contribution in [3.8, 4) is 11.5 Å². The van der Waals surface area contributed by atoms with Gasteiger partial charge in [-0.15, -0.1) is 0 Å². The second-order valence-electron chi connectivity index (χ2n) is 6.26. The van der Waals surface area contributed by atoms with E-state index in [1.54, 1.807) is 7.11 Å². The van der Waals surface area contributed by atoms with Crippen LogP contribution in [0, 0.1) is 6.92 Å². The largest absolute Gasteiger partial charge is 0.493 e. The van der Waals surface area contributed by atoms with Crippen molar-refractivity contribution in [1.82, 2.24) is 20.4 Å². The van der Waals surface area contributed by atoms with E-state index < -0.39 is 0 Å². The maximum atomic E-state index is 5.81. The van der Waals surface area contributed by atoms with Crippen molar-refractivity contribution < 1.29 is 14.0 Å². The van der Waals surface area contributed by atoms with Gasteiger partial charge in [-0.25, -0.2) is 0 Å². The molecule has 1 atom stereocenters. The van der Waals surface area contributed by atoms with E-state index in [9.17, 15) is 0 Å². The van der Waals surface area contributed by atoms with E-state index in [2.05, 4.69) is 20.4 Å². The zero-order valence-corrected chi connectivity index (χ0v) is 14.9. The predicted molar refractivity (Wildman–Crippen MR) is 93.8 cm³/mol. The molecule has 1 aliphatic rings. The monoisotopic (exact) mass is 346 g/mol. The lowest BCUT2D eigenvalue weighted by atomic mass is 10.1. The number of methoxy groups -OCH3 is 1. The van der Waals surface area contributed by atoms with E-state index in [1.807, 2.05) is 31.2 Å². The lowest BCUT2D eigenvalue weighted by molar-refractivity contribution is 0.173. The van der Waals surface area contributed by atoms with Gasteiger partial charge in [0.05, 0.1) is 13.7 Å². The topological polar surface area (TPSA) is 72.7 Å². The number of aromatic nitrogens is 2. The van der Waals surface area contributed by atoms with Crippen LogP contribution in [0.5, 0.6) is 11.5 Å². The summed E-state index contributed by atoms with van der Waals surface area (Å²) in [4.78, 5) is 6.65. The van der Waals surface area contributed by atoms with Crippen molar-refractivity contribution in [3.05, 3.63) is 36.0 Å². The van der Waals surface area contributed by atoms with E-state index in [0.717, 1.165) is 43.5 Å². The van der Waals surface area contributed by atoms with Crippen LogP contribution in [0.15, 0.2) is 28.8 Å². The van der Waals surface area contributed by atoms with Crippen LogP contribution in [0.25, 0.3) is 0 Å². The number of nitrogens with zero attached hydrogens (tertiary/aromatic N) is 3. The second kappa shape index (κ2) is 8.82. The second-order valence-corrected chi connectivity index (χ2v) is 6.26. The van der Waals surface area contributed by atoms with E-state index in [0.29, 0.717) is 18.5 Å². The molecule has 25 heavy (non-hydrogen) atoms. The summed E-state index contributed by atoms with van der Waals surface area (Å²) in [6, 6.07) is 8.17. The number of hydrogen-bond acceptors (Lipinski definition) is 7. The molecule has 1 saturated heterocycles. The van der Waals surface area contributed by atoms with Gasteiger partial charge in [0.2, 0.25) is 5.89 Å². The molecule has 0 radical (unpaired) electrons. The molecule has 0 bridgehead atoms. The third-order valence-corrected chi connectivity index (χ3v) is 4.30. The summed E-state index contributed by atoms with van der Waals surface area (Å²) in [6.07, 6.45) is 2.35. The smallest absolute Gasteiger partial charge is 0.223 e. The third-order valence-electron chi connectivity index (χ3n) is 4.30. The van der Waals surface area contributed by atoms with Crippen LogP contribution in [-0.2, 0) is 6.54 Å². The zero-order valence-electron chi connectivity index (χ0n) is 14.9. The van der Waals surface area contributed by atoms with Crippen LogP contribution < -0.4 is 14.8 Å². The Kier molecular flexibility index (Phi) is 6.25. The van der Waals surface area contributed by atoms with Crippen molar-refractivity contribution >= 4 is 0 Å². The maximum absolute atomic E-state index is 5.81. The Morgan fingerprint density at radius 3 is 2.92 bits per heavy atom. The van der Waals surface area contributed by atoms with Crippen molar-refractivity contribution in [3.63, 3.8) is 0 Å². The molecule has 1 aliphatic heterocycles. The predicted octanol–water partition coefficient (Wildman–Crippen LogP) is 2.02. The van der Waals surface area contributed by atoms with Gasteiger partial charge in [-0.1, -0.05) is 17.3 Å². The molecule has 7 nitrogen and oxygen atoms in total. The molecule has 3 rings (SSSR count). The maximum Gasteiger partial charge on any atom is 0.223 e. The fourth-order valence-electron chi connectivity index (χ4n) is 3.13. The van der Waals surface area contributed by atoms with E-state index in [-0.39, 0.29) is 0 Å². The minimum Gasteiger partial charge on any atom is -0.493 e. The lowest BCUT2D eigenvalue weighted by Crippen LogP contribution is -2.46. The Balaban J connectivity index is 1.39. The number of ether oxygens (including phenoxy) is 2. The van der Waals surface area contributed by atoms with Gasteiger partial charge in [0.1, 0.15) is 6.61 Å². The van der Waals surface area contributed by atoms with Crippen molar-refractivity contribution in [2.45, 2.75) is 32.4 Å². The molecular weight excluding hydrogens is 320 g/mol. The highest BCUT2D eigenvalue weighted by molar-refractivity contribution is 5.39. The Labute approximate surface area is 148 Å². The van der Waals surface area contributed by atoms with Gasteiger partial charge >= 0.3 is 0 Å². The van der Waals surface area contributed by atoms with Gasteiger partial charge in [-0.2, -0.15) is 4.98 Å². The van der Waals surface area contributed by atoms with Gasteiger partial charge in [0, 0.05) is 26.1 Å². The molecule has 7 heteroatoms. The Hall–Kier alpha value is -2.12. The quantitative estimate of drug-likeness (QED) is 0.733. The summed E-state index contributed by atoms with van der Waals surface area (Å²) >= 11 is 0. The summed E-state index contributed by atoms with van der Waals surface area (Å²) in [5, 5.41) is 7.56. The minimum absolute atomic E-state index is 0.461. The van der Waals surface area contributed by atoms with Gasteiger partial charge in [-0.05, 0) is 31.5 Å². The third kappa shape index (κ3) is 5.17. The van der Waals surface area contributed by atoms with Crippen LogP contribution in [0.3, 0.4) is 0 Å². The first-order chi connectivity index (χ1) is 12.2. The SMILES string of the molecule is COc1ccccc1OCCN[C@@H]1CCCN(Cc2noc(C)n2)C1. The number of rotatable bonds is 8. The highest BCUT2D eigenvalue weighted by Crippen LogP contribution is 2.25. The molecule has 1 N–H and O–H groups in total. The standard InChI is InChI=1S/C18H26N4O3/c1-14-20-18(21-25-14)13-22-10-5-6-15(12-22)19-9-11-24-17-8-4-3-7-16(17)23-2/h3-4,7-8,15,19H,5-6,9-13H2,1-2H3/t15-/m1/s1. The highest BCUT2D eigenvalue weighted by Gasteiger charge is 2.20. The molecule has 0 saturated carbocycles. The fraction of sp³-hybridized carbons (Fsp3) is 0.556. The molecule has 1 fully saturated rings. The molecule has 2 heterocycles. The first-order valence-electron chi connectivity index (χ1n) is 8.75. The summed E-state index contributed by atoms with van der Waals surface area (Å²) in [7, 11) is 1.66. The molecule has 0 aliphatic carbocycles. The van der Waals surface area contributed by atoms with E-state index in [1.165, 1.54) is 12.8 Å². The fourth-order valence-corrected chi connectivity index (χ4v) is 3.13. The van der Waals surface area contributed by atoms with Crippen molar-refractivity contribution in [2.24, 2.45) is 0 Å². The van der Waals surface area contributed by atoms with Crippen LogP contribution in [-0.4, -0.2) is 54.4 Å². The van der Waals surface area contributed by atoms with Gasteiger partial charge in [0.25, 0.3) is 0 Å². The molecule has 0 spiro atoms. The summed E-state index contributed by atoms with van der Waals surface area (Å²) in [6.45, 7) is 6.04. The molecule has 136 valence electrons. The Morgan fingerprint density at radius 2 is 2.16 bits per heavy atom. The molecular formula is C18H26N4O3. The van der Waals surface area contributed by atoms with Gasteiger partial charge in [0.15, 0.2) is 17.3 Å². The summed E-state index contributed by atoms with van der Waals surface area (Å²) < 4.78 is 16.1. The van der Waals surface area contributed by atoms with Crippen LogP contribution >= 0.6 is 0 Å². The number of benzene rings is 1. The van der Waals surface area contributed by atoms with Gasteiger partial charge in [-0.3, -0.25) is 4.90 Å².